The SMILES string of the molecule is O=c1sc2scc(-c3ccccc3)c2s1. The second-order valence-electron chi connectivity index (χ2n) is 3.09. The van der Waals surface area contributed by atoms with Gasteiger partial charge in [0.05, 0.1) is 4.70 Å². The Bertz CT molecular complexity index is 645. The first-order chi connectivity index (χ1) is 7.34. The van der Waals surface area contributed by atoms with Crippen LogP contribution in [0.5, 0.6) is 0 Å². The summed E-state index contributed by atoms with van der Waals surface area (Å²) < 4.78 is 2.47. The van der Waals surface area contributed by atoms with Gasteiger partial charge in [0, 0.05) is 10.9 Å². The van der Waals surface area contributed by atoms with E-state index >= 15 is 0 Å². The zero-order valence-corrected chi connectivity index (χ0v) is 10.0. The minimum atomic E-state index is 0.189. The van der Waals surface area contributed by atoms with Crippen molar-refractivity contribution in [1.82, 2.24) is 0 Å². The van der Waals surface area contributed by atoms with Crippen LogP contribution in [0.2, 0.25) is 0 Å². The average molecular weight is 250 g/mol. The van der Waals surface area contributed by atoms with E-state index in [-0.39, 0.29) is 4.06 Å². The van der Waals surface area contributed by atoms with Crippen LogP contribution in [-0.2, 0) is 0 Å². The van der Waals surface area contributed by atoms with E-state index in [1.54, 1.807) is 11.3 Å². The van der Waals surface area contributed by atoms with E-state index in [1.165, 1.54) is 33.8 Å². The van der Waals surface area contributed by atoms with Crippen molar-refractivity contribution in [2.75, 3.05) is 0 Å². The number of fused-ring (bicyclic) bond motifs is 1. The second-order valence-corrected chi connectivity index (χ2v) is 6.45. The standard InChI is InChI=1S/C11H6OS3/c12-11-14-9-8(6-13-10(9)15-11)7-4-2-1-3-5-7/h1-6H. The molecule has 0 N–H and O–H groups in total. The Labute approximate surface area is 98.3 Å². The average Bonchev–Trinajstić information content (AvgIpc) is 2.77. The molecular weight excluding hydrogens is 244 g/mol. The Balaban J connectivity index is 2.31. The molecule has 0 radical (unpaired) electrons. The predicted octanol–water partition coefficient (Wildman–Crippen LogP) is 4.05. The van der Waals surface area contributed by atoms with Gasteiger partial charge in [0.2, 0.25) is 0 Å². The minimum absolute atomic E-state index is 0.189. The number of rotatable bonds is 1. The summed E-state index contributed by atoms with van der Waals surface area (Å²) >= 11 is 4.36. The Hall–Kier alpha value is -0.970. The Morgan fingerprint density at radius 3 is 2.60 bits per heavy atom. The van der Waals surface area contributed by atoms with E-state index < -0.39 is 0 Å². The first-order valence-electron chi connectivity index (χ1n) is 4.41. The van der Waals surface area contributed by atoms with Gasteiger partial charge in [-0.1, -0.05) is 53.0 Å². The quantitative estimate of drug-likeness (QED) is 0.636. The lowest BCUT2D eigenvalue weighted by Gasteiger charge is -1.95. The zero-order valence-electron chi connectivity index (χ0n) is 7.60. The van der Waals surface area contributed by atoms with Crippen molar-refractivity contribution in [1.29, 1.82) is 0 Å². The summed E-state index contributed by atoms with van der Waals surface area (Å²) in [4.78, 5) is 11.3. The van der Waals surface area contributed by atoms with Crippen LogP contribution in [0.15, 0.2) is 40.5 Å². The molecule has 2 aromatic heterocycles. The van der Waals surface area contributed by atoms with Crippen molar-refractivity contribution in [3.8, 4) is 11.1 Å². The summed E-state index contributed by atoms with van der Waals surface area (Å²) in [5.41, 5.74) is 2.39. The van der Waals surface area contributed by atoms with Gasteiger partial charge in [0.1, 0.15) is 4.01 Å². The lowest BCUT2D eigenvalue weighted by molar-refractivity contribution is 1.70. The maximum Gasteiger partial charge on any atom is 0.289 e. The molecule has 0 atom stereocenters. The topological polar surface area (TPSA) is 17.1 Å². The third kappa shape index (κ3) is 1.55. The molecular formula is C11H6OS3. The Morgan fingerprint density at radius 1 is 1.00 bits per heavy atom. The molecule has 0 aliphatic carbocycles. The van der Waals surface area contributed by atoms with Crippen molar-refractivity contribution in [2.45, 2.75) is 0 Å². The molecule has 15 heavy (non-hydrogen) atoms. The van der Waals surface area contributed by atoms with Crippen LogP contribution < -0.4 is 4.06 Å². The van der Waals surface area contributed by atoms with Crippen molar-refractivity contribution in [3.63, 3.8) is 0 Å². The number of hydrogen-bond donors (Lipinski definition) is 0. The summed E-state index contributed by atoms with van der Waals surface area (Å²) in [7, 11) is 0. The van der Waals surface area contributed by atoms with Crippen molar-refractivity contribution in [3.05, 3.63) is 44.6 Å². The molecule has 0 saturated carbocycles. The monoisotopic (exact) mass is 250 g/mol. The van der Waals surface area contributed by atoms with Crippen LogP contribution in [0.3, 0.4) is 0 Å². The maximum atomic E-state index is 11.3. The van der Waals surface area contributed by atoms with Gasteiger partial charge in [-0.2, -0.15) is 0 Å². The van der Waals surface area contributed by atoms with Crippen molar-refractivity contribution >= 4 is 42.7 Å². The molecule has 0 aliphatic rings. The molecule has 0 aliphatic heterocycles. The highest BCUT2D eigenvalue weighted by atomic mass is 32.2. The molecule has 1 aromatic carbocycles. The van der Waals surface area contributed by atoms with Gasteiger partial charge < -0.3 is 0 Å². The molecule has 2 heterocycles. The van der Waals surface area contributed by atoms with Gasteiger partial charge in [0.15, 0.2) is 0 Å². The maximum absolute atomic E-state index is 11.3. The fourth-order valence-electron chi connectivity index (χ4n) is 1.49. The summed E-state index contributed by atoms with van der Waals surface area (Å²) in [5.74, 6) is 0. The highest BCUT2D eigenvalue weighted by Crippen LogP contribution is 2.37. The summed E-state index contributed by atoms with van der Waals surface area (Å²) in [6, 6.07) is 10.2. The van der Waals surface area contributed by atoms with Crippen LogP contribution in [-0.4, -0.2) is 0 Å². The van der Waals surface area contributed by atoms with Crippen molar-refractivity contribution in [2.24, 2.45) is 0 Å². The number of hydrogen-bond acceptors (Lipinski definition) is 4. The molecule has 0 fully saturated rings. The third-order valence-electron chi connectivity index (χ3n) is 2.16. The van der Waals surface area contributed by atoms with E-state index in [0.717, 1.165) is 8.71 Å². The smallest absolute Gasteiger partial charge is 0.265 e. The number of thiophene rings is 1. The van der Waals surface area contributed by atoms with Crippen LogP contribution in [0.4, 0.5) is 0 Å². The normalized spacial score (nSPS) is 10.9. The largest absolute Gasteiger partial charge is 0.289 e. The van der Waals surface area contributed by atoms with Crippen LogP contribution >= 0.6 is 34.0 Å². The van der Waals surface area contributed by atoms with Gasteiger partial charge in [-0.05, 0) is 5.56 Å². The van der Waals surface area contributed by atoms with Crippen molar-refractivity contribution < 1.29 is 0 Å². The number of benzene rings is 1. The fraction of sp³-hybridized carbons (Fsp3) is 0. The first kappa shape index (κ1) is 9.27. The zero-order chi connectivity index (χ0) is 10.3. The lowest BCUT2D eigenvalue weighted by Crippen LogP contribution is -1.75. The molecule has 0 spiro atoms. The summed E-state index contributed by atoms with van der Waals surface area (Å²) in [6.07, 6.45) is 0. The van der Waals surface area contributed by atoms with Gasteiger partial charge in [-0.25, -0.2) is 0 Å². The van der Waals surface area contributed by atoms with Gasteiger partial charge in [-0.15, -0.1) is 11.3 Å². The van der Waals surface area contributed by atoms with E-state index in [4.69, 9.17) is 0 Å². The first-order valence-corrected chi connectivity index (χ1v) is 6.92. The summed E-state index contributed by atoms with van der Waals surface area (Å²) in [5, 5.41) is 2.13. The fourth-order valence-corrected chi connectivity index (χ4v) is 5.06. The van der Waals surface area contributed by atoms with E-state index in [2.05, 4.69) is 17.5 Å². The minimum Gasteiger partial charge on any atom is -0.265 e. The van der Waals surface area contributed by atoms with Gasteiger partial charge in [-0.3, -0.25) is 4.79 Å². The Morgan fingerprint density at radius 2 is 1.80 bits per heavy atom. The van der Waals surface area contributed by atoms with E-state index in [9.17, 15) is 4.79 Å². The molecule has 0 unspecified atom stereocenters. The second kappa shape index (κ2) is 3.56. The molecule has 74 valence electrons. The molecule has 0 bridgehead atoms. The molecule has 3 rings (SSSR count). The molecule has 4 heteroatoms. The van der Waals surface area contributed by atoms with Crippen LogP contribution in [0.25, 0.3) is 19.8 Å². The molecule has 3 aromatic rings. The van der Waals surface area contributed by atoms with E-state index in [0.29, 0.717) is 0 Å². The Kier molecular flexibility index (Phi) is 2.20. The van der Waals surface area contributed by atoms with E-state index in [1.807, 2.05) is 18.2 Å². The summed E-state index contributed by atoms with van der Waals surface area (Å²) in [6.45, 7) is 0. The molecule has 0 amide bonds. The highest BCUT2D eigenvalue weighted by Gasteiger charge is 2.09. The third-order valence-corrected chi connectivity index (χ3v) is 5.58. The van der Waals surface area contributed by atoms with Crippen LogP contribution in [0, 0.1) is 0 Å². The van der Waals surface area contributed by atoms with Crippen LogP contribution in [0.1, 0.15) is 0 Å². The predicted molar refractivity (Wildman–Crippen MR) is 69.3 cm³/mol. The lowest BCUT2D eigenvalue weighted by atomic mass is 10.1. The molecule has 0 saturated heterocycles. The van der Waals surface area contributed by atoms with Gasteiger partial charge >= 0.3 is 0 Å². The van der Waals surface area contributed by atoms with Gasteiger partial charge in [0.25, 0.3) is 4.06 Å². The molecule has 1 nitrogen and oxygen atoms in total. The highest BCUT2D eigenvalue weighted by molar-refractivity contribution is 7.46.